The fraction of sp³-hybridized carbons (Fsp3) is 0.391. The third-order valence-corrected chi connectivity index (χ3v) is 6.52. The molecule has 0 unspecified atom stereocenters. The number of imide groups is 1. The lowest BCUT2D eigenvalue weighted by Gasteiger charge is -2.33. The van der Waals surface area contributed by atoms with Crippen molar-refractivity contribution in [2.24, 2.45) is 5.92 Å². The van der Waals surface area contributed by atoms with Crippen LogP contribution in [0.15, 0.2) is 54.6 Å². The summed E-state index contributed by atoms with van der Waals surface area (Å²) >= 11 is 0. The minimum Gasteiger partial charge on any atom is -0.494 e. The van der Waals surface area contributed by atoms with Gasteiger partial charge in [0.1, 0.15) is 11.3 Å². The Hall–Kier alpha value is -2.70. The summed E-state index contributed by atoms with van der Waals surface area (Å²) in [6, 6.07) is 17.2. The summed E-state index contributed by atoms with van der Waals surface area (Å²) in [5, 5.41) is 4.38. The maximum Gasteiger partial charge on any atom is 0.256 e. The number of ether oxygens (including phenoxy) is 1. The minimum absolute atomic E-state index is 0.118. The van der Waals surface area contributed by atoms with E-state index >= 15 is 0 Å². The van der Waals surface area contributed by atoms with E-state index in [0.29, 0.717) is 12.3 Å². The zero-order valence-corrected chi connectivity index (χ0v) is 16.7. The summed E-state index contributed by atoms with van der Waals surface area (Å²) in [6.07, 6.45) is 0.996. The lowest BCUT2D eigenvalue weighted by atomic mass is 9.81. The Morgan fingerprint density at radius 2 is 1.76 bits per heavy atom. The maximum absolute atomic E-state index is 13.7. The molecule has 29 heavy (non-hydrogen) atoms. The van der Waals surface area contributed by atoms with Crippen molar-refractivity contribution in [3.63, 3.8) is 0 Å². The molecule has 3 aliphatic heterocycles. The molecule has 6 nitrogen and oxygen atoms in total. The molecular formula is C23H25N3O3. The van der Waals surface area contributed by atoms with Gasteiger partial charge in [-0.15, -0.1) is 0 Å². The minimum atomic E-state index is -0.854. The van der Waals surface area contributed by atoms with Crippen molar-refractivity contribution < 1.29 is 14.3 Å². The summed E-state index contributed by atoms with van der Waals surface area (Å²) < 4.78 is 5.50. The Morgan fingerprint density at radius 1 is 1.03 bits per heavy atom. The summed E-state index contributed by atoms with van der Waals surface area (Å²) in [4.78, 5) is 28.7. The Bertz CT molecular complexity index is 946. The lowest BCUT2D eigenvalue weighted by molar-refractivity contribution is -0.131. The number of rotatable bonds is 4. The van der Waals surface area contributed by atoms with Crippen LogP contribution in [0, 0.1) is 5.92 Å². The molecule has 2 aromatic carbocycles. The number of hydrogen-bond acceptors (Lipinski definition) is 5. The second kappa shape index (κ2) is 6.68. The van der Waals surface area contributed by atoms with E-state index in [1.165, 1.54) is 4.90 Å². The molecular weight excluding hydrogens is 366 g/mol. The van der Waals surface area contributed by atoms with E-state index in [2.05, 4.69) is 22.2 Å². The fourth-order valence-corrected chi connectivity index (χ4v) is 5.26. The quantitative estimate of drug-likeness (QED) is 0.750. The van der Waals surface area contributed by atoms with Gasteiger partial charge in [0.25, 0.3) is 5.91 Å². The lowest BCUT2D eigenvalue weighted by Crippen LogP contribution is -2.52. The Labute approximate surface area is 170 Å². The van der Waals surface area contributed by atoms with Crippen LogP contribution in [-0.4, -0.2) is 47.1 Å². The van der Waals surface area contributed by atoms with Gasteiger partial charge < -0.3 is 4.74 Å². The molecule has 0 radical (unpaired) electrons. The van der Waals surface area contributed by atoms with Gasteiger partial charge in [0.2, 0.25) is 5.91 Å². The van der Waals surface area contributed by atoms with Crippen molar-refractivity contribution in [1.29, 1.82) is 0 Å². The van der Waals surface area contributed by atoms with Crippen LogP contribution in [0.4, 0.5) is 5.69 Å². The van der Waals surface area contributed by atoms with Crippen LogP contribution >= 0.6 is 0 Å². The molecule has 0 aliphatic carbocycles. The summed E-state index contributed by atoms with van der Waals surface area (Å²) in [7, 11) is 0. The third kappa shape index (κ3) is 2.49. The Kier molecular flexibility index (Phi) is 4.22. The Morgan fingerprint density at radius 3 is 2.45 bits per heavy atom. The molecule has 2 aromatic rings. The zero-order chi connectivity index (χ0) is 20.2. The number of carbonyl (C=O) groups excluding carboxylic acids is 2. The average molecular weight is 391 g/mol. The molecule has 3 aliphatic rings. The van der Waals surface area contributed by atoms with Gasteiger partial charge in [0.05, 0.1) is 24.3 Å². The van der Waals surface area contributed by atoms with Crippen LogP contribution in [0.5, 0.6) is 5.75 Å². The van der Waals surface area contributed by atoms with Crippen LogP contribution in [-0.2, 0) is 9.59 Å². The molecule has 3 saturated heterocycles. The van der Waals surface area contributed by atoms with Gasteiger partial charge in [-0.25, -0.2) is 14.9 Å². The number of hydrogen-bond donors (Lipinski definition) is 0. The molecule has 3 atom stereocenters. The number of fused-ring (bicyclic) bond motifs is 3. The highest BCUT2D eigenvalue weighted by Gasteiger charge is 2.70. The summed E-state index contributed by atoms with van der Waals surface area (Å²) in [6.45, 7) is 6.11. The van der Waals surface area contributed by atoms with Gasteiger partial charge in [0.15, 0.2) is 0 Å². The van der Waals surface area contributed by atoms with Gasteiger partial charge in [-0.2, -0.15) is 0 Å². The second-order valence-electron chi connectivity index (χ2n) is 8.03. The molecule has 6 heteroatoms. The molecule has 0 spiro atoms. The highest BCUT2D eigenvalue weighted by Crippen LogP contribution is 2.54. The first-order valence-corrected chi connectivity index (χ1v) is 10.3. The number of amides is 2. The highest BCUT2D eigenvalue weighted by atomic mass is 16.5. The van der Waals surface area contributed by atoms with Crippen LogP contribution in [0.25, 0.3) is 0 Å². The summed E-state index contributed by atoms with van der Waals surface area (Å²) in [5.74, 6) is 0.0470. The van der Waals surface area contributed by atoms with E-state index in [1.807, 2.05) is 44.2 Å². The first-order chi connectivity index (χ1) is 14.1. The largest absolute Gasteiger partial charge is 0.494 e. The standard InChI is InChI=1S/C23H25N3O3/c1-3-29-18-12-10-17(11-13-18)26-21(27)19-20(16-8-5-4-6-9-16)24-14-7-15-25(24)23(19,2)22(26)28/h4-6,8-13,19-20H,3,7,14-15H2,1-2H3/t19-,20+,23-/m0/s1. The van der Waals surface area contributed by atoms with Crippen molar-refractivity contribution in [3.8, 4) is 5.75 Å². The van der Waals surface area contributed by atoms with Gasteiger partial charge in [0, 0.05) is 13.1 Å². The van der Waals surface area contributed by atoms with E-state index < -0.39 is 11.5 Å². The molecule has 0 saturated carbocycles. The van der Waals surface area contributed by atoms with Crippen molar-refractivity contribution in [2.75, 3.05) is 24.6 Å². The van der Waals surface area contributed by atoms with Crippen LogP contribution in [0.3, 0.4) is 0 Å². The predicted octanol–water partition coefficient (Wildman–Crippen LogP) is 3.01. The first-order valence-electron chi connectivity index (χ1n) is 10.3. The van der Waals surface area contributed by atoms with E-state index in [1.54, 1.807) is 12.1 Å². The molecule has 2 amide bonds. The smallest absolute Gasteiger partial charge is 0.256 e. The summed E-state index contributed by atoms with van der Waals surface area (Å²) in [5.41, 5.74) is 0.839. The monoisotopic (exact) mass is 391 g/mol. The van der Waals surface area contributed by atoms with Gasteiger partial charge in [-0.3, -0.25) is 9.59 Å². The van der Waals surface area contributed by atoms with Crippen LogP contribution in [0.1, 0.15) is 31.9 Å². The number of anilines is 1. The van der Waals surface area contributed by atoms with Gasteiger partial charge in [-0.1, -0.05) is 30.3 Å². The molecule has 3 fully saturated rings. The van der Waals surface area contributed by atoms with E-state index in [9.17, 15) is 9.59 Å². The van der Waals surface area contributed by atoms with E-state index in [0.717, 1.165) is 30.8 Å². The second-order valence-corrected chi connectivity index (χ2v) is 8.03. The van der Waals surface area contributed by atoms with Gasteiger partial charge >= 0.3 is 0 Å². The van der Waals surface area contributed by atoms with E-state index in [-0.39, 0.29) is 17.9 Å². The van der Waals surface area contributed by atoms with Crippen molar-refractivity contribution in [2.45, 2.75) is 31.8 Å². The molecule has 3 heterocycles. The normalized spacial score (nSPS) is 29.4. The number of nitrogens with zero attached hydrogens (tertiary/aromatic N) is 3. The molecule has 0 aromatic heterocycles. The molecule has 5 rings (SSSR count). The SMILES string of the molecule is CCOc1ccc(N2C(=O)[C@@H]3[C@@H](c4ccccc4)N4CCCN4[C@]3(C)C2=O)cc1. The molecule has 0 bridgehead atoms. The van der Waals surface area contributed by atoms with Crippen molar-refractivity contribution >= 4 is 17.5 Å². The fourth-order valence-electron chi connectivity index (χ4n) is 5.26. The highest BCUT2D eigenvalue weighted by molar-refractivity contribution is 6.26. The first kappa shape index (κ1) is 18.3. The van der Waals surface area contributed by atoms with Crippen molar-refractivity contribution in [1.82, 2.24) is 10.0 Å². The van der Waals surface area contributed by atoms with Crippen molar-refractivity contribution in [3.05, 3.63) is 60.2 Å². The third-order valence-electron chi connectivity index (χ3n) is 6.52. The molecule has 150 valence electrons. The van der Waals surface area contributed by atoms with E-state index in [4.69, 9.17) is 4.74 Å². The predicted molar refractivity (Wildman–Crippen MR) is 109 cm³/mol. The average Bonchev–Trinajstić information content (AvgIpc) is 3.36. The number of carbonyl (C=O) groups is 2. The zero-order valence-electron chi connectivity index (χ0n) is 16.7. The number of hydrazine groups is 1. The Balaban J connectivity index is 1.57. The maximum atomic E-state index is 13.7. The van der Waals surface area contributed by atoms with Gasteiger partial charge in [-0.05, 0) is 50.1 Å². The topological polar surface area (TPSA) is 53.1 Å². The van der Waals surface area contributed by atoms with Crippen LogP contribution < -0.4 is 9.64 Å². The molecule has 0 N–H and O–H groups in total. The number of benzene rings is 2. The van der Waals surface area contributed by atoms with Crippen LogP contribution in [0.2, 0.25) is 0 Å².